The maximum absolute atomic E-state index is 13.1. The summed E-state index contributed by atoms with van der Waals surface area (Å²) < 4.78 is 78.2. The lowest BCUT2D eigenvalue weighted by molar-refractivity contribution is -0.144. The SMILES string of the molecule is FC(F)(F)c1cc(C(F)(F)F)c2ccc(N/N=C/C=C/c3ccccc3)nc2n1. The number of allylic oxidation sites excluding steroid dienone is 1. The van der Waals surface area contributed by atoms with Crippen LogP contribution in [0.15, 0.2) is 59.7 Å². The molecule has 29 heavy (non-hydrogen) atoms. The predicted molar refractivity (Wildman–Crippen MR) is 97.1 cm³/mol. The molecule has 0 saturated carbocycles. The van der Waals surface area contributed by atoms with Crippen molar-refractivity contribution in [2.24, 2.45) is 5.10 Å². The molecule has 1 N–H and O–H groups in total. The largest absolute Gasteiger partial charge is 0.433 e. The second kappa shape index (κ2) is 7.90. The molecule has 0 aliphatic rings. The van der Waals surface area contributed by atoms with E-state index in [-0.39, 0.29) is 11.9 Å². The van der Waals surface area contributed by atoms with Crippen LogP contribution in [-0.4, -0.2) is 16.2 Å². The topological polar surface area (TPSA) is 50.2 Å². The molecule has 0 atom stereocenters. The zero-order valence-electron chi connectivity index (χ0n) is 14.5. The molecule has 0 spiro atoms. The fourth-order valence-corrected chi connectivity index (χ4v) is 2.41. The fourth-order valence-electron chi connectivity index (χ4n) is 2.41. The Balaban J connectivity index is 1.87. The Labute approximate surface area is 160 Å². The number of benzene rings is 1. The van der Waals surface area contributed by atoms with Crippen molar-refractivity contribution in [3.8, 4) is 0 Å². The molecule has 1 aromatic carbocycles. The molecular formula is C19H12F6N4. The molecular weight excluding hydrogens is 398 g/mol. The number of halogens is 6. The van der Waals surface area contributed by atoms with E-state index in [2.05, 4.69) is 20.5 Å². The smallest absolute Gasteiger partial charge is 0.261 e. The standard InChI is InChI=1S/C19H12F6N4/c20-18(21,22)14-11-15(19(23,24)25)27-17-13(14)8-9-16(28-17)29-26-10-4-7-12-5-2-1-3-6-12/h1-11H,(H,27,28,29)/b7-4+,26-10+. The minimum Gasteiger partial charge on any atom is -0.261 e. The minimum atomic E-state index is -5.04. The molecule has 10 heteroatoms. The minimum absolute atomic E-state index is 0.0242. The number of aromatic nitrogens is 2. The molecule has 0 saturated heterocycles. The molecule has 0 aliphatic heterocycles. The maximum Gasteiger partial charge on any atom is 0.433 e. The van der Waals surface area contributed by atoms with E-state index in [1.165, 1.54) is 12.3 Å². The first-order chi connectivity index (χ1) is 13.6. The van der Waals surface area contributed by atoms with Gasteiger partial charge in [-0.15, -0.1) is 0 Å². The molecule has 2 aromatic heterocycles. The summed E-state index contributed by atoms with van der Waals surface area (Å²) in [4.78, 5) is 6.94. The molecule has 0 amide bonds. The average Bonchev–Trinajstić information content (AvgIpc) is 2.66. The molecule has 4 nitrogen and oxygen atoms in total. The highest BCUT2D eigenvalue weighted by molar-refractivity contribution is 5.82. The maximum atomic E-state index is 13.1. The predicted octanol–water partition coefficient (Wildman–Crippen LogP) is 5.78. The number of anilines is 1. The Morgan fingerprint density at radius 2 is 1.59 bits per heavy atom. The Bertz CT molecular complexity index is 1060. The van der Waals surface area contributed by atoms with Gasteiger partial charge in [-0.1, -0.05) is 36.4 Å². The van der Waals surface area contributed by atoms with Crippen molar-refractivity contribution >= 4 is 29.1 Å². The average molecular weight is 410 g/mol. The van der Waals surface area contributed by atoms with Gasteiger partial charge in [0.2, 0.25) is 0 Å². The van der Waals surface area contributed by atoms with Crippen molar-refractivity contribution in [1.29, 1.82) is 0 Å². The summed E-state index contributed by atoms with van der Waals surface area (Å²) in [7, 11) is 0. The number of fused-ring (bicyclic) bond motifs is 1. The van der Waals surface area contributed by atoms with Crippen LogP contribution in [0.5, 0.6) is 0 Å². The van der Waals surface area contributed by atoms with Crippen LogP contribution >= 0.6 is 0 Å². The fraction of sp³-hybridized carbons (Fsp3) is 0.105. The van der Waals surface area contributed by atoms with E-state index in [1.54, 1.807) is 12.2 Å². The van der Waals surface area contributed by atoms with Crippen molar-refractivity contribution in [3.63, 3.8) is 0 Å². The van der Waals surface area contributed by atoms with Crippen LogP contribution in [-0.2, 0) is 12.4 Å². The van der Waals surface area contributed by atoms with Crippen molar-refractivity contribution in [2.45, 2.75) is 12.4 Å². The first-order valence-electron chi connectivity index (χ1n) is 8.11. The third-order valence-electron chi connectivity index (χ3n) is 3.70. The van der Waals surface area contributed by atoms with Gasteiger partial charge in [0.25, 0.3) is 0 Å². The summed E-state index contributed by atoms with van der Waals surface area (Å²) in [5, 5.41) is 3.27. The Morgan fingerprint density at radius 1 is 0.862 bits per heavy atom. The summed E-state index contributed by atoms with van der Waals surface area (Å²) in [6.07, 6.45) is -5.31. The van der Waals surface area contributed by atoms with Crippen molar-refractivity contribution in [1.82, 2.24) is 9.97 Å². The van der Waals surface area contributed by atoms with Gasteiger partial charge in [-0.25, -0.2) is 9.97 Å². The molecule has 2 heterocycles. The van der Waals surface area contributed by atoms with E-state index in [1.807, 2.05) is 30.3 Å². The monoisotopic (exact) mass is 410 g/mol. The lowest BCUT2D eigenvalue weighted by Gasteiger charge is -2.13. The van der Waals surface area contributed by atoms with Crippen LogP contribution in [0.4, 0.5) is 32.2 Å². The lowest BCUT2D eigenvalue weighted by atomic mass is 10.1. The molecule has 0 radical (unpaired) electrons. The summed E-state index contributed by atoms with van der Waals surface area (Å²) in [5.74, 6) is -0.0539. The Hall–Kier alpha value is -3.43. The zero-order valence-corrected chi connectivity index (χ0v) is 14.5. The third-order valence-corrected chi connectivity index (χ3v) is 3.70. The number of hydrazone groups is 1. The molecule has 0 unspecified atom stereocenters. The number of pyridine rings is 2. The van der Waals surface area contributed by atoms with Gasteiger partial charge < -0.3 is 0 Å². The number of nitrogens with one attached hydrogen (secondary N) is 1. The zero-order chi connectivity index (χ0) is 21.1. The molecule has 0 aliphatic carbocycles. The molecule has 0 fully saturated rings. The molecule has 0 bridgehead atoms. The van der Waals surface area contributed by atoms with Gasteiger partial charge in [-0.2, -0.15) is 31.4 Å². The van der Waals surface area contributed by atoms with E-state index in [0.717, 1.165) is 11.6 Å². The summed E-state index contributed by atoms with van der Waals surface area (Å²) in [5.41, 5.74) is -0.447. The number of nitrogens with zero attached hydrogens (tertiary/aromatic N) is 3. The van der Waals surface area contributed by atoms with E-state index < -0.39 is 34.6 Å². The van der Waals surface area contributed by atoms with E-state index in [9.17, 15) is 26.3 Å². The molecule has 3 aromatic rings. The van der Waals surface area contributed by atoms with Crippen LogP contribution < -0.4 is 5.43 Å². The second-order valence-corrected chi connectivity index (χ2v) is 5.78. The van der Waals surface area contributed by atoms with Gasteiger partial charge >= 0.3 is 12.4 Å². The number of hydrogen-bond donors (Lipinski definition) is 1. The second-order valence-electron chi connectivity index (χ2n) is 5.78. The molecule has 150 valence electrons. The van der Waals surface area contributed by atoms with Gasteiger partial charge in [-0.3, -0.25) is 5.43 Å². The quantitative estimate of drug-likeness (QED) is 0.337. The normalized spacial score (nSPS) is 12.9. The number of hydrogen-bond acceptors (Lipinski definition) is 4. The van der Waals surface area contributed by atoms with E-state index in [0.29, 0.717) is 0 Å². The van der Waals surface area contributed by atoms with Gasteiger partial charge in [0.1, 0.15) is 11.5 Å². The summed E-state index contributed by atoms with van der Waals surface area (Å²) in [6, 6.07) is 11.4. The Kier molecular flexibility index (Phi) is 5.53. The highest BCUT2D eigenvalue weighted by Gasteiger charge is 2.39. The highest BCUT2D eigenvalue weighted by atomic mass is 19.4. The lowest BCUT2D eigenvalue weighted by Crippen LogP contribution is -2.14. The van der Waals surface area contributed by atoms with Crippen molar-refractivity contribution < 1.29 is 26.3 Å². The van der Waals surface area contributed by atoms with Crippen LogP contribution in [0.1, 0.15) is 16.8 Å². The summed E-state index contributed by atoms with van der Waals surface area (Å²) in [6.45, 7) is 0. The molecule has 3 rings (SSSR count). The first kappa shape index (κ1) is 20.3. The highest BCUT2D eigenvalue weighted by Crippen LogP contribution is 2.38. The van der Waals surface area contributed by atoms with Crippen LogP contribution in [0, 0.1) is 0 Å². The van der Waals surface area contributed by atoms with Crippen LogP contribution in [0.2, 0.25) is 0 Å². The van der Waals surface area contributed by atoms with Gasteiger partial charge in [0, 0.05) is 11.6 Å². The van der Waals surface area contributed by atoms with Crippen LogP contribution in [0.3, 0.4) is 0 Å². The van der Waals surface area contributed by atoms with Crippen molar-refractivity contribution in [3.05, 3.63) is 71.4 Å². The number of rotatable bonds is 4. The Morgan fingerprint density at radius 3 is 2.24 bits per heavy atom. The van der Waals surface area contributed by atoms with E-state index >= 15 is 0 Å². The summed E-state index contributed by atoms with van der Waals surface area (Å²) >= 11 is 0. The van der Waals surface area contributed by atoms with E-state index in [4.69, 9.17) is 0 Å². The van der Waals surface area contributed by atoms with Gasteiger partial charge in [-0.05, 0) is 29.8 Å². The van der Waals surface area contributed by atoms with Crippen LogP contribution in [0.25, 0.3) is 17.1 Å². The first-order valence-corrected chi connectivity index (χ1v) is 8.11. The van der Waals surface area contributed by atoms with Gasteiger partial charge in [0.15, 0.2) is 5.65 Å². The van der Waals surface area contributed by atoms with Gasteiger partial charge in [0.05, 0.1) is 5.56 Å². The third kappa shape index (κ3) is 5.09. The number of alkyl halides is 6. The van der Waals surface area contributed by atoms with Crippen molar-refractivity contribution in [2.75, 3.05) is 5.43 Å².